The second-order valence-electron chi connectivity index (χ2n) is 5.32. The summed E-state index contributed by atoms with van der Waals surface area (Å²) in [5.74, 6) is 0.257. The molecule has 4 aromatic rings. The summed E-state index contributed by atoms with van der Waals surface area (Å²) in [6.07, 6.45) is 1.40. The number of thiazole rings is 1. The molecule has 0 aliphatic rings. The molecule has 0 aliphatic carbocycles. The van der Waals surface area contributed by atoms with Crippen LogP contribution in [0.4, 0.5) is 26.7 Å². The maximum atomic E-state index is 13.3. The van der Waals surface area contributed by atoms with E-state index in [2.05, 4.69) is 25.6 Å². The van der Waals surface area contributed by atoms with Gasteiger partial charge in [-0.15, -0.1) is 0 Å². The maximum Gasteiger partial charge on any atom is 0.189 e. The second-order valence-corrected chi connectivity index (χ2v) is 6.73. The van der Waals surface area contributed by atoms with Crippen LogP contribution in [0, 0.1) is 5.82 Å². The Kier molecular flexibility index (Phi) is 4.27. The van der Waals surface area contributed by atoms with Gasteiger partial charge in [-0.25, -0.2) is 14.4 Å². The number of aromatic hydroxyl groups is 1. The third-order valence-corrected chi connectivity index (χ3v) is 4.75. The summed E-state index contributed by atoms with van der Waals surface area (Å²) in [5, 5.41) is 16.3. The molecule has 4 rings (SSSR count). The van der Waals surface area contributed by atoms with Crippen molar-refractivity contribution in [3.05, 3.63) is 59.6 Å². The molecule has 130 valence electrons. The molecule has 3 N–H and O–H groups in total. The number of hydrogen-bond donors (Lipinski definition) is 3. The normalized spacial score (nSPS) is 10.8. The van der Waals surface area contributed by atoms with Crippen molar-refractivity contribution in [1.82, 2.24) is 15.0 Å². The van der Waals surface area contributed by atoms with Gasteiger partial charge in [0.15, 0.2) is 16.6 Å². The zero-order chi connectivity index (χ0) is 18.1. The van der Waals surface area contributed by atoms with E-state index >= 15 is 0 Å². The number of anilines is 4. The van der Waals surface area contributed by atoms with E-state index < -0.39 is 5.82 Å². The lowest BCUT2D eigenvalue weighted by molar-refractivity contribution is 0.475. The summed E-state index contributed by atoms with van der Waals surface area (Å²) in [5.41, 5.74) is 1.93. The van der Waals surface area contributed by atoms with Crippen LogP contribution < -0.4 is 10.6 Å². The summed E-state index contributed by atoms with van der Waals surface area (Å²) in [7, 11) is 0. The number of nitrogens with one attached hydrogen (secondary N) is 2. The highest BCUT2D eigenvalue weighted by molar-refractivity contribution is 7.22. The number of aromatic nitrogens is 3. The molecule has 0 amide bonds. The van der Waals surface area contributed by atoms with Gasteiger partial charge in [-0.1, -0.05) is 22.9 Å². The molecule has 0 spiro atoms. The molecule has 0 saturated carbocycles. The number of halogens is 2. The second kappa shape index (κ2) is 6.74. The van der Waals surface area contributed by atoms with Gasteiger partial charge in [0.05, 0.1) is 5.02 Å². The fraction of sp³-hybridized carbons (Fsp3) is 0. The van der Waals surface area contributed by atoms with E-state index in [-0.39, 0.29) is 10.8 Å². The van der Waals surface area contributed by atoms with E-state index in [9.17, 15) is 9.50 Å². The molecule has 0 saturated heterocycles. The van der Waals surface area contributed by atoms with Crippen molar-refractivity contribution in [2.75, 3.05) is 10.6 Å². The molecule has 0 atom stereocenters. The molecular weight excluding hydrogens is 377 g/mol. The van der Waals surface area contributed by atoms with E-state index in [1.54, 1.807) is 30.3 Å². The molecule has 0 fully saturated rings. The topological polar surface area (TPSA) is 83.0 Å². The summed E-state index contributed by atoms with van der Waals surface area (Å²) < 4.78 is 14.1. The number of nitrogens with zero attached hydrogens (tertiary/aromatic N) is 3. The van der Waals surface area contributed by atoms with Gasteiger partial charge in [-0.05, 0) is 42.5 Å². The summed E-state index contributed by atoms with van der Waals surface area (Å²) >= 11 is 7.19. The van der Waals surface area contributed by atoms with Crippen LogP contribution >= 0.6 is 22.9 Å². The Morgan fingerprint density at radius 2 is 1.77 bits per heavy atom. The molecule has 0 radical (unpaired) electrons. The highest BCUT2D eigenvalue weighted by atomic mass is 35.5. The zero-order valence-corrected chi connectivity index (χ0v) is 14.6. The third kappa shape index (κ3) is 3.37. The smallest absolute Gasteiger partial charge is 0.189 e. The first-order valence-electron chi connectivity index (χ1n) is 7.48. The van der Waals surface area contributed by atoms with Gasteiger partial charge in [0.25, 0.3) is 0 Å². The molecular formula is C17H11ClFN5OS. The minimum atomic E-state index is -0.483. The molecule has 6 nitrogen and oxygen atoms in total. The summed E-state index contributed by atoms with van der Waals surface area (Å²) in [4.78, 5) is 12.8. The first-order valence-corrected chi connectivity index (χ1v) is 8.67. The first kappa shape index (κ1) is 16.5. The van der Waals surface area contributed by atoms with E-state index in [4.69, 9.17) is 11.6 Å². The maximum absolute atomic E-state index is 13.3. The van der Waals surface area contributed by atoms with Crippen molar-refractivity contribution in [1.29, 1.82) is 0 Å². The van der Waals surface area contributed by atoms with E-state index in [0.29, 0.717) is 22.3 Å². The first-order chi connectivity index (χ1) is 12.6. The number of phenols is 1. The predicted molar refractivity (Wildman–Crippen MR) is 101 cm³/mol. The Bertz CT molecular complexity index is 1090. The molecule has 26 heavy (non-hydrogen) atoms. The minimum Gasteiger partial charge on any atom is -0.508 e. The van der Waals surface area contributed by atoms with Crippen molar-refractivity contribution in [3.63, 3.8) is 0 Å². The third-order valence-electron chi connectivity index (χ3n) is 3.49. The van der Waals surface area contributed by atoms with Gasteiger partial charge in [-0.2, -0.15) is 4.98 Å². The van der Waals surface area contributed by atoms with Crippen LogP contribution in [0.5, 0.6) is 5.75 Å². The lowest BCUT2D eigenvalue weighted by Crippen LogP contribution is -1.95. The lowest BCUT2D eigenvalue weighted by atomic mass is 10.3. The highest BCUT2D eigenvalue weighted by Crippen LogP contribution is 2.33. The Morgan fingerprint density at radius 3 is 2.54 bits per heavy atom. The standard InChI is InChI=1S/C17H11ClFN5OS/c18-12-7-10(3-6-13(12)19)22-15-14-16(21-8-20-15)24-17(26-14)23-9-1-4-11(25)5-2-9/h1-8,25H,(H2,20,21,22,23,24). The molecule has 0 aliphatic heterocycles. The van der Waals surface area contributed by atoms with Gasteiger partial charge in [0, 0.05) is 11.4 Å². The number of rotatable bonds is 4. The van der Waals surface area contributed by atoms with Gasteiger partial charge in [0.1, 0.15) is 22.6 Å². The Labute approximate surface area is 156 Å². The quantitative estimate of drug-likeness (QED) is 0.424. The zero-order valence-electron chi connectivity index (χ0n) is 13.1. The Balaban J connectivity index is 1.64. The molecule has 0 unspecified atom stereocenters. The van der Waals surface area contributed by atoms with Crippen LogP contribution in [0.1, 0.15) is 0 Å². The van der Waals surface area contributed by atoms with E-state index in [1.165, 1.54) is 29.8 Å². The van der Waals surface area contributed by atoms with Crippen molar-refractivity contribution < 1.29 is 9.50 Å². The fourth-order valence-electron chi connectivity index (χ4n) is 2.28. The van der Waals surface area contributed by atoms with Crippen LogP contribution in [0.2, 0.25) is 5.02 Å². The monoisotopic (exact) mass is 387 g/mol. The van der Waals surface area contributed by atoms with Crippen molar-refractivity contribution in [2.45, 2.75) is 0 Å². The van der Waals surface area contributed by atoms with Gasteiger partial charge < -0.3 is 15.7 Å². The van der Waals surface area contributed by atoms with Crippen LogP contribution in [-0.2, 0) is 0 Å². The van der Waals surface area contributed by atoms with Gasteiger partial charge in [-0.3, -0.25) is 0 Å². The summed E-state index contributed by atoms with van der Waals surface area (Å²) in [6, 6.07) is 11.0. The van der Waals surface area contributed by atoms with Crippen LogP contribution in [-0.4, -0.2) is 20.1 Å². The molecule has 0 bridgehead atoms. The number of phenolic OH excluding ortho intramolecular Hbond substituents is 1. The SMILES string of the molecule is Oc1ccc(Nc2nc3ncnc(Nc4ccc(F)c(Cl)c4)c3s2)cc1. The largest absolute Gasteiger partial charge is 0.508 e. The predicted octanol–water partition coefficient (Wildman–Crippen LogP) is 5.07. The van der Waals surface area contributed by atoms with Crippen molar-refractivity contribution in [2.24, 2.45) is 0 Å². The van der Waals surface area contributed by atoms with E-state index in [1.807, 2.05) is 0 Å². The molecule has 2 aromatic carbocycles. The average Bonchev–Trinajstić information content (AvgIpc) is 3.04. The summed E-state index contributed by atoms with van der Waals surface area (Å²) in [6.45, 7) is 0. The lowest BCUT2D eigenvalue weighted by Gasteiger charge is -2.06. The average molecular weight is 388 g/mol. The highest BCUT2D eigenvalue weighted by Gasteiger charge is 2.12. The van der Waals surface area contributed by atoms with E-state index in [0.717, 1.165) is 10.4 Å². The number of benzene rings is 2. The Hall–Kier alpha value is -2.97. The van der Waals surface area contributed by atoms with Gasteiger partial charge in [0.2, 0.25) is 0 Å². The molecule has 9 heteroatoms. The minimum absolute atomic E-state index is 0.0271. The van der Waals surface area contributed by atoms with Crippen molar-refractivity contribution >= 4 is 55.6 Å². The molecule has 2 heterocycles. The Morgan fingerprint density at radius 1 is 1.00 bits per heavy atom. The van der Waals surface area contributed by atoms with Crippen LogP contribution in [0.15, 0.2) is 48.8 Å². The van der Waals surface area contributed by atoms with Gasteiger partial charge >= 0.3 is 0 Å². The number of hydrogen-bond acceptors (Lipinski definition) is 7. The molecule has 2 aromatic heterocycles. The fourth-order valence-corrected chi connectivity index (χ4v) is 3.34. The number of fused-ring (bicyclic) bond motifs is 1. The van der Waals surface area contributed by atoms with Crippen LogP contribution in [0.25, 0.3) is 10.3 Å². The van der Waals surface area contributed by atoms with Crippen LogP contribution in [0.3, 0.4) is 0 Å². The van der Waals surface area contributed by atoms with Crippen molar-refractivity contribution in [3.8, 4) is 5.75 Å².